The molecule has 0 saturated carbocycles. The SMILES string of the molecule is C=CCOc1c(C=Nn2c([C@H](C)CC)nc3ccc(Br)cc3c2=O)cc(Cl)cc1[N+](=O)[O-]. The van der Waals surface area contributed by atoms with Crippen LogP contribution in [-0.2, 0) is 0 Å². The van der Waals surface area contributed by atoms with Crippen molar-refractivity contribution < 1.29 is 9.66 Å². The number of ether oxygens (including phenoxy) is 1. The molecular formula is C22H20BrClN4O4. The van der Waals surface area contributed by atoms with Crippen LogP contribution in [0.4, 0.5) is 5.69 Å². The third-order valence-corrected chi connectivity index (χ3v) is 5.52. The van der Waals surface area contributed by atoms with Gasteiger partial charge in [0.2, 0.25) is 5.75 Å². The van der Waals surface area contributed by atoms with Gasteiger partial charge in [0.05, 0.1) is 22.0 Å². The van der Waals surface area contributed by atoms with E-state index in [-0.39, 0.29) is 40.1 Å². The highest BCUT2D eigenvalue weighted by Crippen LogP contribution is 2.34. The molecule has 32 heavy (non-hydrogen) atoms. The van der Waals surface area contributed by atoms with Crippen LogP contribution in [0.1, 0.15) is 37.6 Å². The summed E-state index contributed by atoms with van der Waals surface area (Å²) in [7, 11) is 0. The van der Waals surface area contributed by atoms with E-state index in [4.69, 9.17) is 16.3 Å². The first-order chi connectivity index (χ1) is 15.3. The molecule has 0 spiro atoms. The van der Waals surface area contributed by atoms with E-state index in [0.29, 0.717) is 16.7 Å². The zero-order valence-corrected chi connectivity index (χ0v) is 19.8. The van der Waals surface area contributed by atoms with Crippen molar-refractivity contribution in [2.24, 2.45) is 5.10 Å². The highest BCUT2D eigenvalue weighted by Gasteiger charge is 2.21. The van der Waals surface area contributed by atoms with E-state index in [2.05, 4.69) is 32.6 Å². The standard InChI is InChI=1S/C22H20BrClN4O4/c1-4-8-32-20-14(9-16(24)11-19(20)28(30)31)12-25-27-21(13(3)5-2)26-18-7-6-15(23)10-17(18)22(27)29/h4,6-7,9-13H,1,5,8H2,2-3H3/t13-/m1/s1. The fourth-order valence-electron chi connectivity index (χ4n) is 3.03. The highest BCUT2D eigenvalue weighted by atomic mass is 79.9. The Morgan fingerprint density at radius 2 is 2.16 bits per heavy atom. The molecular weight excluding hydrogens is 500 g/mol. The largest absolute Gasteiger partial charge is 0.482 e. The summed E-state index contributed by atoms with van der Waals surface area (Å²) in [6.07, 6.45) is 3.52. The van der Waals surface area contributed by atoms with Gasteiger partial charge < -0.3 is 4.74 Å². The maximum atomic E-state index is 13.3. The minimum Gasteiger partial charge on any atom is -0.482 e. The smallest absolute Gasteiger partial charge is 0.313 e. The van der Waals surface area contributed by atoms with Crippen molar-refractivity contribution in [1.82, 2.24) is 9.66 Å². The lowest BCUT2D eigenvalue weighted by Gasteiger charge is -2.14. The molecule has 0 aliphatic heterocycles. The van der Waals surface area contributed by atoms with Gasteiger partial charge in [0.1, 0.15) is 12.4 Å². The van der Waals surface area contributed by atoms with Crippen LogP contribution in [0.25, 0.3) is 10.9 Å². The van der Waals surface area contributed by atoms with Crippen molar-refractivity contribution in [3.63, 3.8) is 0 Å². The van der Waals surface area contributed by atoms with Gasteiger partial charge in [-0.1, -0.05) is 54.0 Å². The number of nitrogens with zero attached hydrogens (tertiary/aromatic N) is 4. The lowest BCUT2D eigenvalue weighted by atomic mass is 10.1. The number of rotatable bonds is 8. The number of nitro benzene ring substituents is 1. The number of benzene rings is 2. The molecule has 0 bridgehead atoms. The van der Waals surface area contributed by atoms with E-state index in [9.17, 15) is 14.9 Å². The van der Waals surface area contributed by atoms with Crippen molar-refractivity contribution in [2.75, 3.05) is 6.61 Å². The van der Waals surface area contributed by atoms with E-state index >= 15 is 0 Å². The Morgan fingerprint density at radius 1 is 1.41 bits per heavy atom. The fraction of sp³-hybridized carbons (Fsp3) is 0.227. The van der Waals surface area contributed by atoms with Gasteiger partial charge in [0.15, 0.2) is 0 Å². The van der Waals surface area contributed by atoms with Crippen molar-refractivity contribution >= 4 is 50.3 Å². The fourth-order valence-corrected chi connectivity index (χ4v) is 3.61. The van der Waals surface area contributed by atoms with Crippen LogP contribution < -0.4 is 10.3 Å². The number of hydrogen-bond acceptors (Lipinski definition) is 6. The molecule has 10 heteroatoms. The first-order valence-electron chi connectivity index (χ1n) is 9.75. The number of aromatic nitrogens is 2. The van der Waals surface area contributed by atoms with Gasteiger partial charge in [-0.25, -0.2) is 4.98 Å². The van der Waals surface area contributed by atoms with Crippen molar-refractivity contribution in [1.29, 1.82) is 0 Å². The van der Waals surface area contributed by atoms with E-state index in [1.54, 1.807) is 12.1 Å². The van der Waals surface area contributed by atoms with Gasteiger partial charge in [0, 0.05) is 27.0 Å². The van der Waals surface area contributed by atoms with Crippen LogP contribution in [0.5, 0.6) is 5.75 Å². The second-order valence-electron chi connectivity index (χ2n) is 7.00. The molecule has 3 rings (SSSR count). The average Bonchev–Trinajstić information content (AvgIpc) is 2.76. The molecule has 166 valence electrons. The molecule has 0 N–H and O–H groups in total. The van der Waals surface area contributed by atoms with Gasteiger partial charge in [0.25, 0.3) is 5.56 Å². The summed E-state index contributed by atoms with van der Waals surface area (Å²) < 4.78 is 7.47. The van der Waals surface area contributed by atoms with Crippen molar-refractivity contribution in [3.8, 4) is 5.75 Å². The van der Waals surface area contributed by atoms with Gasteiger partial charge in [-0.2, -0.15) is 9.78 Å². The Hall–Kier alpha value is -3.04. The summed E-state index contributed by atoms with van der Waals surface area (Å²) >= 11 is 9.46. The summed E-state index contributed by atoms with van der Waals surface area (Å²) in [5.41, 5.74) is 0.152. The Balaban J connectivity index is 2.24. The molecule has 3 aromatic rings. The molecule has 0 amide bonds. The number of fused-ring (bicyclic) bond motifs is 1. The molecule has 1 aromatic heterocycles. The molecule has 8 nitrogen and oxygen atoms in total. The van der Waals surface area contributed by atoms with Gasteiger partial charge in [-0.05, 0) is 30.7 Å². The zero-order valence-electron chi connectivity index (χ0n) is 17.4. The Morgan fingerprint density at radius 3 is 2.81 bits per heavy atom. The maximum absolute atomic E-state index is 13.3. The lowest BCUT2D eigenvalue weighted by molar-refractivity contribution is -0.385. The molecule has 0 saturated heterocycles. The van der Waals surface area contributed by atoms with Gasteiger partial charge in [-0.3, -0.25) is 14.9 Å². The molecule has 1 heterocycles. The predicted molar refractivity (Wildman–Crippen MR) is 129 cm³/mol. The first-order valence-corrected chi connectivity index (χ1v) is 10.9. The predicted octanol–water partition coefficient (Wildman–Crippen LogP) is 5.68. The monoisotopic (exact) mass is 518 g/mol. The van der Waals surface area contributed by atoms with E-state index < -0.39 is 4.92 Å². The van der Waals surface area contributed by atoms with Crippen LogP contribution in [0.2, 0.25) is 5.02 Å². The zero-order chi connectivity index (χ0) is 23.4. The minimum absolute atomic E-state index is 0.0160. The van der Waals surface area contributed by atoms with Crippen LogP contribution in [-0.4, -0.2) is 27.4 Å². The lowest BCUT2D eigenvalue weighted by Crippen LogP contribution is -2.23. The van der Waals surface area contributed by atoms with E-state index in [1.165, 1.54) is 29.1 Å². The maximum Gasteiger partial charge on any atom is 0.313 e. The third-order valence-electron chi connectivity index (χ3n) is 4.80. The number of halogens is 2. The summed E-state index contributed by atoms with van der Waals surface area (Å²) in [6.45, 7) is 7.55. The topological polar surface area (TPSA) is 99.6 Å². The summed E-state index contributed by atoms with van der Waals surface area (Å²) in [4.78, 5) is 28.8. The molecule has 0 unspecified atom stereocenters. The third kappa shape index (κ3) is 4.89. The summed E-state index contributed by atoms with van der Waals surface area (Å²) in [5, 5.41) is 16.4. The molecule has 2 aromatic carbocycles. The van der Waals surface area contributed by atoms with E-state index in [0.717, 1.165) is 10.9 Å². The summed E-state index contributed by atoms with van der Waals surface area (Å²) in [6, 6.07) is 7.94. The molecule has 0 aliphatic carbocycles. The number of nitro groups is 1. The average molecular weight is 520 g/mol. The van der Waals surface area contributed by atoms with Crippen LogP contribution >= 0.6 is 27.5 Å². The van der Waals surface area contributed by atoms with Gasteiger partial charge >= 0.3 is 5.69 Å². The van der Waals surface area contributed by atoms with Crippen molar-refractivity contribution in [3.05, 3.63) is 84.3 Å². The molecule has 0 radical (unpaired) electrons. The van der Waals surface area contributed by atoms with E-state index in [1.807, 2.05) is 19.9 Å². The Kier molecular flexibility index (Phi) is 7.42. The van der Waals surface area contributed by atoms with Gasteiger partial charge in [-0.15, -0.1) is 0 Å². The molecule has 1 atom stereocenters. The normalized spacial score (nSPS) is 12.2. The minimum atomic E-state index is -0.590. The molecule has 0 fully saturated rings. The Bertz CT molecular complexity index is 1290. The highest BCUT2D eigenvalue weighted by molar-refractivity contribution is 9.10. The van der Waals surface area contributed by atoms with Crippen LogP contribution in [0.15, 0.2) is 57.4 Å². The van der Waals surface area contributed by atoms with Crippen LogP contribution in [0.3, 0.4) is 0 Å². The van der Waals surface area contributed by atoms with Crippen molar-refractivity contribution in [2.45, 2.75) is 26.2 Å². The molecule has 0 aliphatic rings. The second kappa shape index (κ2) is 10.1. The van der Waals surface area contributed by atoms with Crippen LogP contribution in [0, 0.1) is 10.1 Å². The number of hydrogen-bond donors (Lipinski definition) is 0. The quantitative estimate of drug-likeness (QED) is 0.165. The Labute approximate surface area is 197 Å². The second-order valence-corrected chi connectivity index (χ2v) is 8.35. The first kappa shape index (κ1) is 23.6. The summed E-state index contributed by atoms with van der Waals surface area (Å²) in [5.74, 6) is 0.407.